The van der Waals surface area contributed by atoms with Gasteiger partial charge in [-0.1, -0.05) is 24.3 Å². The maximum Gasteiger partial charge on any atom is 0.226 e. The molecule has 0 radical (unpaired) electrons. The van der Waals surface area contributed by atoms with Gasteiger partial charge < -0.3 is 14.8 Å². The third kappa shape index (κ3) is 4.68. The minimum Gasteiger partial charge on any atom is -0.496 e. The Morgan fingerprint density at radius 2 is 1.80 bits per heavy atom. The van der Waals surface area contributed by atoms with E-state index in [-0.39, 0.29) is 30.0 Å². The van der Waals surface area contributed by atoms with Gasteiger partial charge in [0.1, 0.15) is 28.6 Å². The lowest BCUT2D eigenvalue weighted by molar-refractivity contribution is -0.116. The van der Waals surface area contributed by atoms with Gasteiger partial charge in [0.05, 0.1) is 26.0 Å². The Labute approximate surface area is 201 Å². The molecule has 0 bridgehead atoms. The number of hydrogen-bond donors (Lipinski definition) is 1. The van der Waals surface area contributed by atoms with Crippen LogP contribution in [0.1, 0.15) is 34.3 Å². The third-order valence-corrected chi connectivity index (χ3v) is 5.57. The summed E-state index contributed by atoms with van der Waals surface area (Å²) < 4.78 is 12.1. The number of carbonyl (C=O) groups is 2. The first kappa shape index (κ1) is 23.4. The summed E-state index contributed by atoms with van der Waals surface area (Å²) in [6, 6.07) is 16.3. The molecule has 2 aromatic heterocycles. The number of amides is 1. The summed E-state index contributed by atoms with van der Waals surface area (Å²) >= 11 is 0. The maximum absolute atomic E-state index is 12.7. The molecule has 9 nitrogen and oxygen atoms in total. The fourth-order valence-electron chi connectivity index (χ4n) is 3.80. The molecule has 2 aromatic carbocycles. The molecule has 0 unspecified atom stereocenters. The Kier molecular flexibility index (Phi) is 6.73. The van der Waals surface area contributed by atoms with Crippen molar-refractivity contribution in [1.82, 2.24) is 14.8 Å². The molecule has 4 aromatic rings. The summed E-state index contributed by atoms with van der Waals surface area (Å²) in [5, 5.41) is 17.5. The van der Waals surface area contributed by atoms with Crippen molar-refractivity contribution in [3.8, 4) is 23.4 Å². The van der Waals surface area contributed by atoms with Gasteiger partial charge in [0.15, 0.2) is 17.4 Å². The Morgan fingerprint density at radius 3 is 2.54 bits per heavy atom. The summed E-state index contributed by atoms with van der Waals surface area (Å²) in [5.74, 6) is 1.01. The molecule has 0 spiro atoms. The lowest BCUT2D eigenvalue weighted by Gasteiger charge is -2.12. The summed E-state index contributed by atoms with van der Waals surface area (Å²) in [5.41, 5.74) is 2.15. The minimum absolute atomic E-state index is 0.0211. The quantitative estimate of drug-likeness (QED) is 0.384. The van der Waals surface area contributed by atoms with Gasteiger partial charge >= 0.3 is 0 Å². The Morgan fingerprint density at radius 1 is 1.06 bits per heavy atom. The molecule has 0 saturated heterocycles. The molecule has 9 heteroatoms. The first-order chi connectivity index (χ1) is 17.0. The van der Waals surface area contributed by atoms with Crippen LogP contribution in [0, 0.1) is 18.3 Å². The van der Waals surface area contributed by atoms with E-state index in [2.05, 4.69) is 15.4 Å². The van der Waals surface area contributed by atoms with E-state index < -0.39 is 5.91 Å². The van der Waals surface area contributed by atoms with Crippen molar-refractivity contribution in [3.05, 3.63) is 71.4 Å². The zero-order valence-corrected chi connectivity index (χ0v) is 19.5. The molecular formula is C26H23N5O4. The van der Waals surface area contributed by atoms with E-state index in [0.29, 0.717) is 28.4 Å². The fourth-order valence-corrected chi connectivity index (χ4v) is 3.80. The minimum atomic E-state index is -0.429. The van der Waals surface area contributed by atoms with Crippen molar-refractivity contribution in [2.75, 3.05) is 19.5 Å². The number of carbonyl (C=O) groups excluding carboxylic acids is 2. The number of nitrogens with zero attached hydrogens (tertiary/aromatic N) is 4. The van der Waals surface area contributed by atoms with Gasteiger partial charge in [-0.05, 0) is 36.8 Å². The second-order valence-electron chi connectivity index (χ2n) is 7.76. The highest BCUT2D eigenvalue weighted by Crippen LogP contribution is 2.29. The first-order valence-electron chi connectivity index (χ1n) is 10.9. The number of ketones is 1. The summed E-state index contributed by atoms with van der Waals surface area (Å²) in [6.45, 7) is 1.93. The number of nitriles is 1. The second-order valence-corrected chi connectivity index (χ2v) is 7.76. The summed E-state index contributed by atoms with van der Waals surface area (Å²) in [4.78, 5) is 30.0. The summed E-state index contributed by atoms with van der Waals surface area (Å²) in [6.07, 6.45) is 1.26. The number of anilines is 1. The molecule has 0 aliphatic carbocycles. The second kappa shape index (κ2) is 10.1. The number of ether oxygens (including phenoxy) is 2. The maximum atomic E-state index is 12.7. The number of pyridine rings is 1. The molecule has 176 valence electrons. The average Bonchev–Trinajstić information content (AvgIpc) is 3.29. The molecule has 0 atom stereocenters. The van der Waals surface area contributed by atoms with Crippen LogP contribution in [0.25, 0.3) is 16.7 Å². The molecule has 2 heterocycles. The average molecular weight is 470 g/mol. The lowest BCUT2D eigenvalue weighted by Crippen LogP contribution is -2.17. The van der Waals surface area contributed by atoms with Gasteiger partial charge in [0.25, 0.3) is 0 Å². The number of fused-ring (bicyclic) bond motifs is 1. The van der Waals surface area contributed by atoms with Crippen molar-refractivity contribution in [3.63, 3.8) is 0 Å². The van der Waals surface area contributed by atoms with Crippen LogP contribution in [0.15, 0.2) is 54.7 Å². The van der Waals surface area contributed by atoms with Gasteiger partial charge in [0, 0.05) is 18.2 Å². The number of hydrogen-bond acceptors (Lipinski definition) is 7. The van der Waals surface area contributed by atoms with Crippen LogP contribution in [0.2, 0.25) is 0 Å². The number of Topliss-reactive ketones (excluding diaryl/α,β-unsaturated/α-hetero) is 1. The Hall–Kier alpha value is -4.71. The van der Waals surface area contributed by atoms with E-state index in [9.17, 15) is 14.9 Å². The van der Waals surface area contributed by atoms with Crippen LogP contribution in [0.5, 0.6) is 11.5 Å². The van der Waals surface area contributed by atoms with E-state index in [1.54, 1.807) is 31.4 Å². The SMILES string of the molecule is COc1ccccc1C(=O)CCC(=O)Nc1c(C#N)cnn1-c1cc(C)c2cccc(OC)c2n1. The molecule has 0 aliphatic heterocycles. The van der Waals surface area contributed by atoms with E-state index >= 15 is 0 Å². The Bertz CT molecular complexity index is 1470. The van der Waals surface area contributed by atoms with Gasteiger partial charge in [-0.15, -0.1) is 0 Å². The molecule has 1 N–H and O–H groups in total. The zero-order chi connectivity index (χ0) is 24.9. The van der Waals surface area contributed by atoms with Crippen LogP contribution in [0.3, 0.4) is 0 Å². The van der Waals surface area contributed by atoms with E-state index in [4.69, 9.17) is 9.47 Å². The monoisotopic (exact) mass is 469 g/mol. The Balaban J connectivity index is 1.59. The number of methoxy groups -OCH3 is 2. The van der Waals surface area contributed by atoms with Crippen LogP contribution in [-0.4, -0.2) is 40.7 Å². The topological polar surface area (TPSA) is 119 Å². The van der Waals surface area contributed by atoms with Crippen LogP contribution >= 0.6 is 0 Å². The number of benzene rings is 2. The third-order valence-electron chi connectivity index (χ3n) is 5.57. The van der Waals surface area contributed by atoms with Crippen molar-refractivity contribution in [2.24, 2.45) is 0 Å². The number of nitrogens with one attached hydrogen (secondary N) is 1. The van der Waals surface area contributed by atoms with Crippen molar-refractivity contribution in [2.45, 2.75) is 19.8 Å². The molecule has 0 aliphatic rings. The number of aryl methyl sites for hydroxylation is 1. The van der Waals surface area contributed by atoms with Crippen molar-refractivity contribution < 1.29 is 19.1 Å². The van der Waals surface area contributed by atoms with E-state index in [1.807, 2.05) is 37.3 Å². The van der Waals surface area contributed by atoms with Gasteiger partial charge in [-0.3, -0.25) is 9.59 Å². The first-order valence-corrected chi connectivity index (χ1v) is 10.9. The highest BCUT2D eigenvalue weighted by molar-refractivity contribution is 6.02. The van der Waals surface area contributed by atoms with Gasteiger partial charge in [-0.2, -0.15) is 15.0 Å². The van der Waals surface area contributed by atoms with E-state index in [1.165, 1.54) is 18.0 Å². The molecule has 35 heavy (non-hydrogen) atoms. The van der Waals surface area contributed by atoms with Crippen LogP contribution in [-0.2, 0) is 4.79 Å². The van der Waals surface area contributed by atoms with Gasteiger partial charge in [-0.25, -0.2) is 4.98 Å². The van der Waals surface area contributed by atoms with Crippen LogP contribution in [0.4, 0.5) is 5.82 Å². The predicted molar refractivity (Wildman–Crippen MR) is 130 cm³/mol. The van der Waals surface area contributed by atoms with Crippen molar-refractivity contribution in [1.29, 1.82) is 5.26 Å². The zero-order valence-electron chi connectivity index (χ0n) is 19.5. The smallest absolute Gasteiger partial charge is 0.226 e. The number of aromatic nitrogens is 3. The van der Waals surface area contributed by atoms with Crippen LogP contribution < -0.4 is 14.8 Å². The molecule has 0 saturated carbocycles. The molecule has 0 fully saturated rings. The molecular weight excluding hydrogens is 446 g/mol. The largest absolute Gasteiger partial charge is 0.496 e. The highest BCUT2D eigenvalue weighted by Gasteiger charge is 2.19. The highest BCUT2D eigenvalue weighted by atomic mass is 16.5. The van der Waals surface area contributed by atoms with Crippen molar-refractivity contribution >= 4 is 28.4 Å². The normalized spacial score (nSPS) is 10.6. The molecule has 4 rings (SSSR count). The number of rotatable bonds is 8. The van der Waals surface area contributed by atoms with E-state index in [0.717, 1.165) is 10.9 Å². The standard InChI is InChI=1S/C26H23N5O4/c1-16-13-23(29-25-18(16)8-6-10-22(25)35-3)31-26(17(14-27)15-28-31)30-24(33)12-11-20(32)19-7-4-5-9-21(19)34-2/h4-10,13,15H,11-12H2,1-3H3,(H,30,33). The van der Waals surface area contributed by atoms with Gasteiger partial charge in [0.2, 0.25) is 5.91 Å². The fraction of sp³-hybridized carbons (Fsp3) is 0.192. The summed E-state index contributed by atoms with van der Waals surface area (Å²) in [7, 11) is 3.06. The lowest BCUT2D eigenvalue weighted by atomic mass is 10.1. The predicted octanol–water partition coefficient (Wildman–Crippen LogP) is 4.22. The number of para-hydroxylation sites is 2. The molecule has 1 amide bonds.